The van der Waals surface area contributed by atoms with Crippen LogP contribution in [-0.4, -0.2) is 55.5 Å². The molecule has 1 aliphatic carbocycles. The molecule has 0 bridgehead atoms. The van der Waals surface area contributed by atoms with E-state index < -0.39 is 24.6 Å². The molecule has 0 saturated carbocycles. The molecule has 2 aliphatic rings. The minimum atomic E-state index is -0.787. The summed E-state index contributed by atoms with van der Waals surface area (Å²) < 4.78 is 31.7. The highest BCUT2D eigenvalue weighted by atomic mass is 16.7. The van der Waals surface area contributed by atoms with Gasteiger partial charge in [0.15, 0.2) is 5.78 Å². The van der Waals surface area contributed by atoms with Crippen molar-refractivity contribution in [3.05, 3.63) is 54.3 Å². The molecule has 0 spiro atoms. The zero-order chi connectivity index (χ0) is 32.4. The first kappa shape index (κ1) is 37.2. The summed E-state index contributed by atoms with van der Waals surface area (Å²) in [5, 5.41) is 0. The second-order valence-electron chi connectivity index (χ2n) is 9.90. The number of allylic oxidation sites excluding steroid dienone is 2. The molecule has 0 aromatic heterocycles. The van der Waals surface area contributed by atoms with Gasteiger partial charge in [-0.05, 0) is 63.3 Å². The molecule has 0 unspecified atom stereocenters. The fourth-order valence-corrected chi connectivity index (χ4v) is 4.34. The maximum absolute atomic E-state index is 11.7. The number of carbonyl (C=O) groups excluding carboxylic acids is 4. The Hall–Kier alpha value is -3.86. The van der Waals surface area contributed by atoms with Gasteiger partial charge in [-0.15, -0.1) is 0 Å². The highest BCUT2D eigenvalue weighted by Crippen LogP contribution is 2.26. The van der Waals surface area contributed by atoms with Crippen molar-refractivity contribution in [3.63, 3.8) is 0 Å². The predicted octanol–water partition coefficient (Wildman–Crippen LogP) is 5.54. The van der Waals surface area contributed by atoms with E-state index in [2.05, 4.69) is 6.58 Å². The third kappa shape index (κ3) is 15.3. The Balaban J connectivity index is 0.000000443. The number of hydrogen-bond acceptors (Lipinski definition) is 10. The number of benzene rings is 1. The van der Waals surface area contributed by atoms with Crippen molar-refractivity contribution in [3.8, 4) is 5.75 Å². The lowest BCUT2D eigenvalue weighted by Gasteiger charge is -2.33. The maximum atomic E-state index is 11.7. The van der Waals surface area contributed by atoms with Gasteiger partial charge in [-0.25, -0.2) is 4.79 Å². The van der Waals surface area contributed by atoms with Gasteiger partial charge in [0.25, 0.3) is 0 Å². The first-order valence-corrected chi connectivity index (χ1v) is 14.5. The van der Waals surface area contributed by atoms with E-state index in [1.165, 1.54) is 21.0 Å². The SMILES string of the molecule is C=C(C)OCc1ccc(O[C@H]2C[C@@H](OC(C)=O)C[C@@H](C(C)=O)O2)cc1.CC.COC(=O)[C@H]1CC/C=C/[C@@H](OC(N)=O)CC1. The quantitative estimate of drug-likeness (QED) is 0.165. The summed E-state index contributed by atoms with van der Waals surface area (Å²) in [7, 11) is 1.38. The van der Waals surface area contributed by atoms with Crippen LogP contribution < -0.4 is 10.5 Å². The van der Waals surface area contributed by atoms with Crippen molar-refractivity contribution >= 4 is 23.8 Å². The second-order valence-corrected chi connectivity index (χ2v) is 9.90. The normalized spacial score (nSPS) is 23.5. The molecule has 1 aromatic rings. The maximum Gasteiger partial charge on any atom is 0.405 e. The van der Waals surface area contributed by atoms with Crippen LogP contribution in [0, 0.1) is 5.92 Å². The van der Waals surface area contributed by atoms with E-state index in [0.717, 1.165) is 18.4 Å². The van der Waals surface area contributed by atoms with Crippen molar-refractivity contribution in [1.29, 1.82) is 0 Å². The van der Waals surface area contributed by atoms with Gasteiger partial charge in [0.05, 0.1) is 18.8 Å². The zero-order valence-corrected chi connectivity index (χ0v) is 26.2. The highest BCUT2D eigenvalue weighted by Gasteiger charge is 2.35. The largest absolute Gasteiger partial charge is 0.494 e. The summed E-state index contributed by atoms with van der Waals surface area (Å²) in [6.07, 6.45) is 4.45. The topological polar surface area (TPSA) is 150 Å². The summed E-state index contributed by atoms with van der Waals surface area (Å²) in [5.74, 6) is 0.451. The smallest absolute Gasteiger partial charge is 0.405 e. The number of hydrogen-bond donors (Lipinski definition) is 1. The zero-order valence-electron chi connectivity index (χ0n) is 26.2. The molecular weight excluding hydrogens is 558 g/mol. The third-order valence-electron chi connectivity index (χ3n) is 6.34. The Labute approximate surface area is 254 Å². The number of amides is 1. The van der Waals surface area contributed by atoms with Crippen LogP contribution in [0.4, 0.5) is 4.79 Å². The molecule has 1 aromatic carbocycles. The molecule has 1 aliphatic heterocycles. The number of methoxy groups -OCH3 is 1. The number of carbonyl (C=O) groups is 4. The first-order valence-electron chi connectivity index (χ1n) is 14.5. The van der Waals surface area contributed by atoms with Crippen molar-refractivity contribution in [2.45, 2.75) is 104 Å². The number of Topliss-reactive ketones (excluding diaryl/α,β-unsaturated/α-hetero) is 1. The molecule has 2 N–H and O–H groups in total. The lowest BCUT2D eigenvalue weighted by Crippen LogP contribution is -2.43. The van der Waals surface area contributed by atoms with E-state index in [9.17, 15) is 19.2 Å². The van der Waals surface area contributed by atoms with E-state index in [-0.39, 0.29) is 29.7 Å². The number of ketones is 1. The average molecular weight is 606 g/mol. The summed E-state index contributed by atoms with van der Waals surface area (Å²) >= 11 is 0. The van der Waals surface area contributed by atoms with Crippen molar-refractivity contribution in [2.24, 2.45) is 11.7 Å². The van der Waals surface area contributed by atoms with E-state index in [4.69, 9.17) is 34.2 Å². The number of ether oxygens (including phenoxy) is 6. The van der Waals surface area contributed by atoms with E-state index >= 15 is 0 Å². The van der Waals surface area contributed by atoms with Gasteiger partial charge in [-0.2, -0.15) is 0 Å². The fraction of sp³-hybridized carbons (Fsp3) is 0.562. The van der Waals surface area contributed by atoms with E-state index in [0.29, 0.717) is 43.8 Å². The van der Waals surface area contributed by atoms with Crippen LogP contribution >= 0.6 is 0 Å². The molecule has 11 heteroatoms. The minimum Gasteiger partial charge on any atom is -0.494 e. The lowest BCUT2D eigenvalue weighted by molar-refractivity contribution is -0.192. The van der Waals surface area contributed by atoms with Crippen molar-refractivity contribution < 1.29 is 47.6 Å². The Bertz CT molecular complexity index is 1070. The lowest BCUT2D eigenvalue weighted by atomic mass is 9.93. The third-order valence-corrected chi connectivity index (χ3v) is 6.34. The molecule has 1 fully saturated rings. The van der Waals surface area contributed by atoms with Gasteiger partial charge < -0.3 is 34.2 Å². The second kappa shape index (κ2) is 20.1. The minimum absolute atomic E-state index is 0.113. The van der Waals surface area contributed by atoms with E-state index in [1.54, 1.807) is 19.1 Å². The van der Waals surface area contributed by atoms with Gasteiger partial charge in [-0.3, -0.25) is 14.4 Å². The number of nitrogens with two attached hydrogens (primary N) is 1. The molecule has 240 valence electrons. The summed E-state index contributed by atoms with van der Waals surface area (Å²) in [4.78, 5) is 44.8. The van der Waals surface area contributed by atoms with Crippen LogP contribution in [0.1, 0.15) is 78.7 Å². The van der Waals surface area contributed by atoms with Gasteiger partial charge >= 0.3 is 18.0 Å². The molecule has 1 heterocycles. The van der Waals surface area contributed by atoms with Gasteiger partial charge in [0.1, 0.15) is 30.7 Å². The van der Waals surface area contributed by atoms with Gasteiger partial charge in [0.2, 0.25) is 6.29 Å². The Morgan fingerprint density at radius 1 is 0.977 bits per heavy atom. The standard InChI is InChI=1S/C19H24O6.C11H17NO4.C2H6/c1-12(2)22-11-15-5-7-16(8-6-15)24-19-10-17(23-14(4)21)9-18(25-19)13(3)20;1-15-10(13)8-4-2-3-5-9(7-6-8)16-11(12)14;1-2/h5-8,17-19H,1,9-11H2,2-4H3;3,5,8-9H,2,4,6-7H2,1H3,(H2,12,14);1-2H3/b;5-3+;/t17-,18-,19+;8-,9+;/m00./s1. The summed E-state index contributed by atoms with van der Waals surface area (Å²) in [5.41, 5.74) is 5.93. The van der Waals surface area contributed by atoms with Crippen LogP contribution in [0.15, 0.2) is 48.8 Å². The van der Waals surface area contributed by atoms with E-state index in [1.807, 2.05) is 38.1 Å². The molecule has 3 rings (SSSR count). The fourth-order valence-electron chi connectivity index (χ4n) is 4.34. The molecular formula is C32H47NO10. The Morgan fingerprint density at radius 2 is 1.65 bits per heavy atom. The van der Waals surface area contributed by atoms with Crippen LogP contribution in [0.5, 0.6) is 5.75 Å². The molecule has 5 atom stereocenters. The Kier molecular flexibility index (Phi) is 17.4. The Morgan fingerprint density at radius 3 is 2.21 bits per heavy atom. The number of primary amides is 1. The van der Waals surface area contributed by atoms with Crippen LogP contribution in [0.3, 0.4) is 0 Å². The van der Waals surface area contributed by atoms with Gasteiger partial charge in [0, 0.05) is 19.8 Å². The van der Waals surface area contributed by atoms with Crippen molar-refractivity contribution in [2.75, 3.05) is 7.11 Å². The highest BCUT2D eigenvalue weighted by molar-refractivity contribution is 5.80. The van der Waals surface area contributed by atoms with Crippen LogP contribution in [0.2, 0.25) is 0 Å². The monoisotopic (exact) mass is 605 g/mol. The van der Waals surface area contributed by atoms with Crippen molar-refractivity contribution in [1.82, 2.24) is 0 Å². The molecule has 1 amide bonds. The number of rotatable bonds is 9. The molecule has 43 heavy (non-hydrogen) atoms. The van der Waals surface area contributed by atoms with Gasteiger partial charge in [-0.1, -0.05) is 38.6 Å². The summed E-state index contributed by atoms with van der Waals surface area (Å²) in [6, 6.07) is 7.37. The summed E-state index contributed by atoms with van der Waals surface area (Å²) in [6.45, 7) is 12.7. The molecule has 1 saturated heterocycles. The predicted molar refractivity (Wildman–Crippen MR) is 160 cm³/mol. The molecule has 0 radical (unpaired) electrons. The first-order chi connectivity index (χ1) is 20.5. The van der Waals surface area contributed by atoms with Crippen LogP contribution in [0.25, 0.3) is 0 Å². The average Bonchev–Trinajstić information content (AvgIpc) is 2.94. The number of esters is 2. The van der Waals surface area contributed by atoms with Crippen LogP contribution in [-0.2, 0) is 44.7 Å². The molecule has 11 nitrogen and oxygen atoms in total.